The van der Waals surface area contributed by atoms with Crippen LogP contribution in [0.25, 0.3) is 0 Å². The summed E-state index contributed by atoms with van der Waals surface area (Å²) in [6.07, 6.45) is 19.1. The first-order valence-electron chi connectivity index (χ1n) is 13.0. The minimum absolute atomic E-state index is 0.158. The number of aromatic nitrogens is 1. The molecule has 0 aromatic carbocycles. The zero-order valence-corrected chi connectivity index (χ0v) is 20.5. The van der Waals surface area contributed by atoms with Gasteiger partial charge in [0.2, 0.25) is 0 Å². The molecule has 1 aromatic rings. The first-order chi connectivity index (χ1) is 15.7. The molecule has 0 spiro atoms. The van der Waals surface area contributed by atoms with E-state index in [-0.39, 0.29) is 11.4 Å². The largest absolute Gasteiger partial charge is 0.461 e. The van der Waals surface area contributed by atoms with Crippen molar-refractivity contribution >= 4 is 11.9 Å². The van der Waals surface area contributed by atoms with Crippen molar-refractivity contribution < 1.29 is 19.1 Å². The Morgan fingerprint density at radius 2 is 0.938 bits per heavy atom. The Morgan fingerprint density at radius 1 is 0.594 bits per heavy atom. The lowest BCUT2D eigenvalue weighted by atomic mass is 10.1. The smallest absolute Gasteiger partial charge is 0.356 e. The number of ether oxygens (including phenoxy) is 2. The highest BCUT2D eigenvalue weighted by Gasteiger charge is 2.14. The van der Waals surface area contributed by atoms with E-state index in [4.69, 9.17) is 9.47 Å². The maximum Gasteiger partial charge on any atom is 0.356 e. The molecule has 1 aromatic heterocycles. The topological polar surface area (TPSA) is 65.5 Å². The number of hydrogen-bond donors (Lipinski definition) is 0. The summed E-state index contributed by atoms with van der Waals surface area (Å²) in [6.45, 7) is 5.23. The molecule has 0 atom stereocenters. The summed E-state index contributed by atoms with van der Waals surface area (Å²) in [4.78, 5) is 28.6. The monoisotopic (exact) mass is 447 g/mol. The van der Waals surface area contributed by atoms with Crippen molar-refractivity contribution in [3.63, 3.8) is 0 Å². The van der Waals surface area contributed by atoms with Gasteiger partial charge in [-0.15, -0.1) is 0 Å². The molecule has 0 fully saturated rings. The van der Waals surface area contributed by atoms with Crippen molar-refractivity contribution in [1.29, 1.82) is 0 Å². The highest BCUT2D eigenvalue weighted by atomic mass is 16.5. The molecule has 0 bridgehead atoms. The van der Waals surface area contributed by atoms with Crippen LogP contribution in [0.4, 0.5) is 0 Å². The van der Waals surface area contributed by atoms with Crippen LogP contribution >= 0.6 is 0 Å². The molecule has 0 unspecified atom stereocenters. The molecular weight excluding hydrogens is 402 g/mol. The van der Waals surface area contributed by atoms with E-state index in [1.807, 2.05) is 0 Å². The van der Waals surface area contributed by atoms with Gasteiger partial charge in [-0.2, -0.15) is 0 Å². The first kappa shape index (κ1) is 28.1. The SMILES string of the molecule is CCCCCCCCCCOC(=O)c1cccc(C(=O)OCCCCCCCCCC)n1. The van der Waals surface area contributed by atoms with E-state index in [2.05, 4.69) is 18.8 Å². The van der Waals surface area contributed by atoms with Crippen LogP contribution in [0.5, 0.6) is 0 Å². The second-order valence-corrected chi connectivity index (χ2v) is 8.63. The quantitative estimate of drug-likeness (QED) is 0.151. The van der Waals surface area contributed by atoms with Gasteiger partial charge in [0.25, 0.3) is 0 Å². The summed E-state index contributed by atoms with van der Waals surface area (Å²) in [5.74, 6) is -0.962. The summed E-state index contributed by atoms with van der Waals surface area (Å²) in [7, 11) is 0. The molecule has 0 aliphatic heterocycles. The third-order valence-corrected chi connectivity index (χ3v) is 5.63. The molecule has 0 N–H and O–H groups in total. The Kier molecular flexibility index (Phi) is 17.4. The third-order valence-electron chi connectivity index (χ3n) is 5.63. The molecule has 1 heterocycles. The molecular formula is C27H45NO4. The first-order valence-corrected chi connectivity index (χ1v) is 13.0. The summed E-state index contributed by atoms with van der Waals surface area (Å²) in [6, 6.07) is 4.80. The lowest BCUT2D eigenvalue weighted by Gasteiger charge is -2.07. The predicted octanol–water partition coefficient (Wildman–Crippen LogP) is 7.68. The van der Waals surface area contributed by atoms with Crippen molar-refractivity contribution in [3.05, 3.63) is 29.6 Å². The van der Waals surface area contributed by atoms with Gasteiger partial charge in [0.1, 0.15) is 11.4 Å². The van der Waals surface area contributed by atoms with E-state index >= 15 is 0 Å². The van der Waals surface area contributed by atoms with Crippen LogP contribution in [0.15, 0.2) is 18.2 Å². The highest BCUT2D eigenvalue weighted by Crippen LogP contribution is 2.10. The van der Waals surface area contributed by atoms with E-state index in [9.17, 15) is 9.59 Å². The summed E-state index contributed by atoms with van der Waals surface area (Å²) >= 11 is 0. The van der Waals surface area contributed by atoms with Gasteiger partial charge in [-0.3, -0.25) is 0 Å². The predicted molar refractivity (Wildman–Crippen MR) is 130 cm³/mol. The van der Waals surface area contributed by atoms with E-state index in [1.165, 1.54) is 77.0 Å². The number of carbonyl (C=O) groups excluding carboxylic acids is 2. The molecule has 0 aliphatic rings. The number of hydrogen-bond acceptors (Lipinski definition) is 5. The van der Waals surface area contributed by atoms with Crippen LogP contribution in [0.1, 0.15) is 138 Å². The second kappa shape index (κ2) is 19.8. The average Bonchev–Trinajstić information content (AvgIpc) is 2.81. The number of esters is 2. The Balaban J connectivity index is 2.17. The lowest BCUT2D eigenvalue weighted by molar-refractivity contribution is 0.0482. The Morgan fingerprint density at radius 3 is 1.31 bits per heavy atom. The van der Waals surface area contributed by atoms with Crippen molar-refractivity contribution in [1.82, 2.24) is 4.98 Å². The zero-order valence-electron chi connectivity index (χ0n) is 20.5. The molecule has 5 nitrogen and oxygen atoms in total. The van der Waals surface area contributed by atoms with Crippen LogP contribution in [-0.2, 0) is 9.47 Å². The van der Waals surface area contributed by atoms with Gasteiger partial charge in [-0.05, 0) is 25.0 Å². The standard InChI is InChI=1S/C27H45NO4/c1-3-5-7-9-11-13-15-17-22-31-26(29)24-20-19-21-25(28-24)27(30)32-23-18-16-14-12-10-8-6-4-2/h19-21H,3-18,22-23H2,1-2H3. The Hall–Kier alpha value is -1.91. The summed E-state index contributed by atoms with van der Waals surface area (Å²) in [5, 5.41) is 0. The van der Waals surface area contributed by atoms with Gasteiger partial charge < -0.3 is 9.47 Å². The van der Waals surface area contributed by atoms with E-state index in [0.29, 0.717) is 13.2 Å². The number of carbonyl (C=O) groups is 2. The molecule has 1 rings (SSSR count). The average molecular weight is 448 g/mol. The fourth-order valence-electron chi connectivity index (χ4n) is 3.61. The fourth-order valence-corrected chi connectivity index (χ4v) is 3.61. The third kappa shape index (κ3) is 14.2. The van der Waals surface area contributed by atoms with E-state index < -0.39 is 11.9 Å². The van der Waals surface area contributed by atoms with Crippen molar-refractivity contribution in [2.45, 2.75) is 117 Å². The fraction of sp³-hybridized carbons (Fsp3) is 0.741. The zero-order chi connectivity index (χ0) is 23.3. The van der Waals surface area contributed by atoms with Crippen molar-refractivity contribution in [3.8, 4) is 0 Å². The van der Waals surface area contributed by atoms with Crippen molar-refractivity contribution in [2.24, 2.45) is 0 Å². The molecule has 32 heavy (non-hydrogen) atoms. The number of nitrogens with zero attached hydrogens (tertiary/aromatic N) is 1. The van der Waals surface area contributed by atoms with Crippen LogP contribution in [0.2, 0.25) is 0 Å². The summed E-state index contributed by atoms with van der Waals surface area (Å²) < 4.78 is 10.6. The van der Waals surface area contributed by atoms with Gasteiger partial charge in [0.15, 0.2) is 0 Å². The molecule has 5 heteroatoms. The maximum absolute atomic E-state index is 12.2. The van der Waals surface area contributed by atoms with Crippen LogP contribution in [0.3, 0.4) is 0 Å². The number of rotatable bonds is 20. The molecule has 182 valence electrons. The molecule has 0 saturated carbocycles. The molecule has 0 radical (unpaired) electrons. The molecule has 0 amide bonds. The van der Waals surface area contributed by atoms with E-state index in [0.717, 1.165) is 25.7 Å². The van der Waals surface area contributed by atoms with Crippen molar-refractivity contribution in [2.75, 3.05) is 13.2 Å². The minimum atomic E-state index is -0.481. The Bertz CT molecular complexity index is 568. The van der Waals surface area contributed by atoms with Gasteiger partial charge in [-0.1, -0.05) is 110 Å². The van der Waals surface area contributed by atoms with Gasteiger partial charge in [0, 0.05) is 0 Å². The normalized spacial score (nSPS) is 10.8. The maximum atomic E-state index is 12.2. The van der Waals surface area contributed by atoms with Crippen LogP contribution < -0.4 is 0 Å². The minimum Gasteiger partial charge on any atom is -0.461 e. The van der Waals surface area contributed by atoms with Gasteiger partial charge >= 0.3 is 11.9 Å². The Labute approximate surface area is 195 Å². The molecule has 0 aliphatic carbocycles. The second-order valence-electron chi connectivity index (χ2n) is 8.63. The van der Waals surface area contributed by atoms with E-state index in [1.54, 1.807) is 18.2 Å². The number of pyridine rings is 1. The lowest BCUT2D eigenvalue weighted by Crippen LogP contribution is -2.13. The van der Waals surface area contributed by atoms with Gasteiger partial charge in [-0.25, -0.2) is 14.6 Å². The number of unbranched alkanes of at least 4 members (excludes halogenated alkanes) is 14. The molecule has 0 saturated heterocycles. The van der Waals surface area contributed by atoms with Crippen LogP contribution in [0, 0.1) is 0 Å². The van der Waals surface area contributed by atoms with Gasteiger partial charge in [0.05, 0.1) is 13.2 Å². The summed E-state index contributed by atoms with van der Waals surface area (Å²) in [5.41, 5.74) is 0.317. The highest BCUT2D eigenvalue weighted by molar-refractivity contribution is 5.91. The van der Waals surface area contributed by atoms with Crippen LogP contribution in [-0.4, -0.2) is 30.1 Å².